The van der Waals surface area contributed by atoms with Crippen molar-refractivity contribution < 1.29 is 9.47 Å². The molecule has 0 aliphatic carbocycles. The minimum Gasteiger partial charge on any atom is -0.489 e. The first kappa shape index (κ1) is 24.7. The Bertz CT molecular complexity index is 1190. The lowest BCUT2D eigenvalue weighted by molar-refractivity contribution is 0.306. The monoisotopic (exact) mass is 470 g/mol. The van der Waals surface area contributed by atoms with Crippen molar-refractivity contribution in [2.75, 3.05) is 0 Å². The Morgan fingerprint density at radius 3 is 1.22 bits per heavy atom. The quantitative estimate of drug-likeness (QED) is 0.183. The number of ether oxygens (including phenoxy) is 2. The molecule has 0 N–H and O–H groups in total. The normalized spacial score (nSPS) is 9.89. The fourth-order valence-electron chi connectivity index (χ4n) is 3.51. The molecule has 0 amide bonds. The van der Waals surface area contributed by atoms with Gasteiger partial charge < -0.3 is 9.47 Å². The zero-order chi connectivity index (χ0) is 24.7. The summed E-state index contributed by atoms with van der Waals surface area (Å²) in [5, 5.41) is 0. The van der Waals surface area contributed by atoms with Gasteiger partial charge >= 0.3 is 0 Å². The lowest BCUT2D eigenvalue weighted by Crippen LogP contribution is -1.94. The van der Waals surface area contributed by atoms with Crippen molar-refractivity contribution in [1.82, 2.24) is 0 Å². The summed E-state index contributed by atoms with van der Waals surface area (Å²) in [6.07, 6.45) is 3.85. The summed E-state index contributed by atoms with van der Waals surface area (Å²) in [5.74, 6) is 14.7. The highest BCUT2D eigenvalue weighted by atomic mass is 16.5. The van der Waals surface area contributed by atoms with Crippen molar-refractivity contribution in [3.8, 4) is 35.2 Å². The van der Waals surface area contributed by atoms with E-state index >= 15 is 0 Å². The zero-order valence-corrected chi connectivity index (χ0v) is 20.5. The van der Waals surface area contributed by atoms with E-state index in [0.29, 0.717) is 13.2 Å². The highest BCUT2D eigenvalue weighted by Crippen LogP contribution is 2.15. The minimum atomic E-state index is 0.573. The van der Waals surface area contributed by atoms with Crippen LogP contribution in [0.5, 0.6) is 11.5 Å². The highest BCUT2D eigenvalue weighted by molar-refractivity contribution is 5.39. The summed E-state index contributed by atoms with van der Waals surface area (Å²) in [6.45, 7) is 1.15. The van der Waals surface area contributed by atoms with Crippen LogP contribution in [0.2, 0.25) is 0 Å². The van der Waals surface area contributed by atoms with Crippen LogP contribution >= 0.6 is 0 Å². The van der Waals surface area contributed by atoms with Gasteiger partial charge in [-0.2, -0.15) is 0 Å². The molecule has 4 aromatic rings. The van der Waals surface area contributed by atoms with Crippen LogP contribution in [-0.2, 0) is 13.2 Å². The smallest absolute Gasteiger partial charge is 0.119 e. The molecule has 0 saturated heterocycles. The number of hydrogen-bond donors (Lipinski definition) is 0. The minimum absolute atomic E-state index is 0.573. The Hall–Kier alpha value is -4.40. The van der Waals surface area contributed by atoms with E-state index in [2.05, 4.69) is 47.9 Å². The van der Waals surface area contributed by atoms with E-state index in [-0.39, 0.29) is 0 Å². The molecule has 4 rings (SSSR count). The molecular weight excluding hydrogens is 440 g/mol. The van der Waals surface area contributed by atoms with Gasteiger partial charge in [0, 0.05) is 24.0 Å². The van der Waals surface area contributed by atoms with Crippen LogP contribution in [-0.4, -0.2) is 0 Å². The molecule has 0 atom stereocenters. The van der Waals surface area contributed by atoms with Crippen molar-refractivity contribution in [1.29, 1.82) is 0 Å². The maximum absolute atomic E-state index is 5.83. The largest absolute Gasteiger partial charge is 0.489 e. The van der Waals surface area contributed by atoms with Gasteiger partial charge in [0.2, 0.25) is 0 Å². The fourth-order valence-corrected chi connectivity index (χ4v) is 3.51. The van der Waals surface area contributed by atoms with Gasteiger partial charge in [0.15, 0.2) is 0 Å². The van der Waals surface area contributed by atoms with Crippen molar-refractivity contribution in [3.05, 3.63) is 131 Å². The predicted octanol–water partition coefficient (Wildman–Crippen LogP) is 7.81. The van der Waals surface area contributed by atoms with Crippen LogP contribution in [0.4, 0.5) is 0 Å². The highest BCUT2D eigenvalue weighted by Gasteiger charge is 1.97. The van der Waals surface area contributed by atoms with E-state index in [0.717, 1.165) is 59.4 Å². The molecule has 0 heterocycles. The molecule has 0 aromatic heterocycles. The van der Waals surface area contributed by atoms with Gasteiger partial charge in [-0.25, -0.2) is 0 Å². The van der Waals surface area contributed by atoms with Crippen molar-refractivity contribution in [2.24, 2.45) is 0 Å². The summed E-state index contributed by atoms with van der Waals surface area (Å²) in [7, 11) is 0. The molecule has 178 valence electrons. The van der Waals surface area contributed by atoms with Gasteiger partial charge in [0.05, 0.1) is 0 Å². The fraction of sp³-hybridized carbons (Fsp3) is 0.176. The van der Waals surface area contributed by atoms with E-state index in [1.165, 1.54) is 0 Å². The summed E-state index contributed by atoms with van der Waals surface area (Å²) in [4.78, 5) is 0. The van der Waals surface area contributed by atoms with Gasteiger partial charge in [-0.1, -0.05) is 84.3 Å². The van der Waals surface area contributed by atoms with Gasteiger partial charge in [0.25, 0.3) is 0 Å². The van der Waals surface area contributed by atoms with E-state index < -0.39 is 0 Å². The zero-order valence-electron chi connectivity index (χ0n) is 20.5. The molecule has 0 unspecified atom stereocenters. The third kappa shape index (κ3) is 8.75. The summed E-state index contributed by atoms with van der Waals surface area (Å²) < 4.78 is 11.7. The number of hydrogen-bond acceptors (Lipinski definition) is 2. The Morgan fingerprint density at radius 1 is 0.444 bits per heavy atom. The summed E-state index contributed by atoms with van der Waals surface area (Å²) >= 11 is 0. The van der Waals surface area contributed by atoms with Gasteiger partial charge in [-0.3, -0.25) is 0 Å². The van der Waals surface area contributed by atoms with E-state index in [1.807, 2.05) is 84.9 Å². The topological polar surface area (TPSA) is 18.5 Å². The second-order valence-corrected chi connectivity index (χ2v) is 8.41. The van der Waals surface area contributed by atoms with Crippen molar-refractivity contribution in [3.63, 3.8) is 0 Å². The first-order valence-corrected chi connectivity index (χ1v) is 12.4. The second-order valence-electron chi connectivity index (χ2n) is 8.41. The molecule has 0 saturated carbocycles. The lowest BCUT2D eigenvalue weighted by Gasteiger charge is -2.06. The molecule has 0 aliphatic rings. The molecule has 0 bridgehead atoms. The molecule has 0 spiro atoms. The summed E-state index contributed by atoms with van der Waals surface area (Å²) in [6, 6.07) is 36.3. The first-order chi connectivity index (χ1) is 17.8. The molecular formula is C34H30O2. The number of benzene rings is 4. The van der Waals surface area contributed by atoms with Crippen molar-refractivity contribution in [2.45, 2.75) is 38.9 Å². The van der Waals surface area contributed by atoms with Crippen molar-refractivity contribution >= 4 is 0 Å². The lowest BCUT2D eigenvalue weighted by atomic mass is 10.1. The Balaban J connectivity index is 1.11. The third-order valence-electron chi connectivity index (χ3n) is 5.52. The second kappa shape index (κ2) is 14.1. The SMILES string of the molecule is C(#Cc1ccc(OCc2ccccc2)cc1)CCCCC#Cc1ccc(OCc2ccccc2)cc1. The maximum Gasteiger partial charge on any atom is 0.119 e. The molecule has 36 heavy (non-hydrogen) atoms. The molecule has 4 aromatic carbocycles. The number of rotatable bonds is 9. The molecule has 2 nitrogen and oxygen atoms in total. The molecule has 0 fully saturated rings. The molecule has 0 aliphatic heterocycles. The van der Waals surface area contributed by atoms with Gasteiger partial charge in [-0.15, -0.1) is 0 Å². The van der Waals surface area contributed by atoms with Crippen LogP contribution in [0.1, 0.15) is 47.9 Å². The van der Waals surface area contributed by atoms with E-state index in [9.17, 15) is 0 Å². The summed E-state index contributed by atoms with van der Waals surface area (Å²) in [5.41, 5.74) is 4.34. The van der Waals surface area contributed by atoms with Crippen LogP contribution in [0.25, 0.3) is 0 Å². The maximum atomic E-state index is 5.83. The van der Waals surface area contributed by atoms with Crippen LogP contribution in [0.15, 0.2) is 109 Å². The molecule has 0 radical (unpaired) electrons. The average Bonchev–Trinajstić information content (AvgIpc) is 2.94. The predicted molar refractivity (Wildman–Crippen MR) is 147 cm³/mol. The Morgan fingerprint density at radius 2 is 0.833 bits per heavy atom. The Labute approximate surface area is 214 Å². The first-order valence-electron chi connectivity index (χ1n) is 12.4. The standard InChI is InChI=1S/C34H30O2/c1(3-7-13-29-19-23-33(24-20-29)35-27-31-15-9-5-10-16-31)2-4-8-14-30-21-25-34(26-22-30)36-28-32-17-11-6-12-18-32/h5-6,9-12,15-26H,1-4,27-28H2. The van der Waals surface area contributed by atoms with Crippen LogP contribution in [0, 0.1) is 23.7 Å². The van der Waals surface area contributed by atoms with Crippen LogP contribution in [0.3, 0.4) is 0 Å². The van der Waals surface area contributed by atoms with Gasteiger partial charge in [0.1, 0.15) is 24.7 Å². The van der Waals surface area contributed by atoms with Gasteiger partial charge in [-0.05, 0) is 72.5 Å². The van der Waals surface area contributed by atoms with E-state index in [4.69, 9.17) is 9.47 Å². The Kier molecular flexibility index (Phi) is 9.68. The third-order valence-corrected chi connectivity index (χ3v) is 5.52. The number of unbranched alkanes of at least 4 members (excludes halogenated alkanes) is 3. The van der Waals surface area contributed by atoms with E-state index in [1.54, 1.807) is 0 Å². The van der Waals surface area contributed by atoms with Crippen LogP contribution < -0.4 is 9.47 Å². The molecule has 2 heteroatoms. The average molecular weight is 471 g/mol.